The molecule has 0 saturated carbocycles. The summed E-state index contributed by atoms with van der Waals surface area (Å²) in [5, 5.41) is 0. The van der Waals surface area contributed by atoms with Crippen molar-refractivity contribution in [1.29, 1.82) is 0 Å². The standard InChI is InChI=1S/C42H82O3/c1-4-5-6-7-8-9-10-11-12-13-14-15-16-20-23-26-29-32-35-38-41(43)45-42(44)39-36-33-30-27-24-21-18-17-19-22-25-28-31-34-37-40(2)3/h40H,4-39H2,1-3H3. The van der Waals surface area contributed by atoms with E-state index in [-0.39, 0.29) is 11.9 Å². The van der Waals surface area contributed by atoms with E-state index in [1.165, 1.54) is 193 Å². The molecule has 0 atom stereocenters. The highest BCUT2D eigenvalue weighted by Gasteiger charge is 2.10. The smallest absolute Gasteiger partial charge is 0.313 e. The second kappa shape index (κ2) is 37.6. The Hall–Kier alpha value is -0.860. The zero-order valence-electron chi connectivity index (χ0n) is 31.3. The molecule has 0 spiro atoms. The number of hydrogen-bond donors (Lipinski definition) is 0. The summed E-state index contributed by atoms with van der Waals surface area (Å²) in [6.45, 7) is 6.94. The Balaban J connectivity index is 3.26. The predicted molar refractivity (Wildman–Crippen MR) is 198 cm³/mol. The van der Waals surface area contributed by atoms with Crippen molar-refractivity contribution in [2.75, 3.05) is 0 Å². The van der Waals surface area contributed by atoms with Crippen LogP contribution in [0.2, 0.25) is 0 Å². The quantitative estimate of drug-likeness (QED) is 0.0388. The van der Waals surface area contributed by atoms with Gasteiger partial charge in [0.2, 0.25) is 0 Å². The van der Waals surface area contributed by atoms with Crippen LogP contribution in [0.3, 0.4) is 0 Å². The van der Waals surface area contributed by atoms with Crippen molar-refractivity contribution >= 4 is 11.9 Å². The van der Waals surface area contributed by atoms with Gasteiger partial charge in [0.1, 0.15) is 0 Å². The van der Waals surface area contributed by atoms with Crippen LogP contribution in [0.4, 0.5) is 0 Å². The Kier molecular flexibility index (Phi) is 36.9. The number of ether oxygens (including phenoxy) is 1. The number of unbranched alkanes of at least 4 members (excludes halogenated alkanes) is 31. The number of hydrogen-bond acceptors (Lipinski definition) is 3. The first kappa shape index (κ1) is 44.1. The van der Waals surface area contributed by atoms with Crippen LogP contribution in [0.1, 0.15) is 252 Å². The fourth-order valence-electron chi connectivity index (χ4n) is 6.52. The summed E-state index contributed by atoms with van der Waals surface area (Å²) in [5.74, 6) is 0.218. The van der Waals surface area contributed by atoms with E-state index < -0.39 is 0 Å². The SMILES string of the molecule is CCCCCCCCCCCCCCCCCCCCCC(=O)OC(=O)CCCCCCCCCCCCCCCCC(C)C. The molecule has 0 rings (SSSR count). The molecule has 268 valence electrons. The highest BCUT2D eigenvalue weighted by Crippen LogP contribution is 2.17. The second-order valence-corrected chi connectivity index (χ2v) is 14.8. The molecule has 3 heteroatoms. The van der Waals surface area contributed by atoms with Gasteiger partial charge in [-0.3, -0.25) is 9.59 Å². The van der Waals surface area contributed by atoms with Crippen molar-refractivity contribution in [2.45, 2.75) is 252 Å². The summed E-state index contributed by atoms with van der Waals surface area (Å²) >= 11 is 0. The van der Waals surface area contributed by atoms with E-state index in [4.69, 9.17) is 4.74 Å². The highest BCUT2D eigenvalue weighted by molar-refractivity contribution is 5.85. The van der Waals surface area contributed by atoms with E-state index in [9.17, 15) is 9.59 Å². The van der Waals surface area contributed by atoms with Crippen molar-refractivity contribution in [1.82, 2.24) is 0 Å². The number of rotatable bonds is 37. The van der Waals surface area contributed by atoms with Crippen molar-refractivity contribution in [3.05, 3.63) is 0 Å². The highest BCUT2D eigenvalue weighted by atomic mass is 16.6. The van der Waals surface area contributed by atoms with Crippen LogP contribution in [-0.4, -0.2) is 11.9 Å². The molecule has 0 aromatic carbocycles. The minimum absolute atomic E-state index is 0.321. The Morgan fingerprint density at radius 1 is 0.356 bits per heavy atom. The van der Waals surface area contributed by atoms with Gasteiger partial charge in [0, 0.05) is 12.8 Å². The van der Waals surface area contributed by atoms with Crippen LogP contribution in [-0.2, 0) is 14.3 Å². The van der Waals surface area contributed by atoms with E-state index >= 15 is 0 Å². The van der Waals surface area contributed by atoms with E-state index in [1.54, 1.807) is 0 Å². The summed E-state index contributed by atoms with van der Waals surface area (Å²) in [6, 6.07) is 0. The van der Waals surface area contributed by atoms with Gasteiger partial charge in [-0.05, 0) is 18.8 Å². The Morgan fingerprint density at radius 3 is 0.822 bits per heavy atom. The predicted octanol–water partition coefficient (Wildman–Crippen LogP) is 14.8. The van der Waals surface area contributed by atoms with Crippen LogP contribution >= 0.6 is 0 Å². The maximum absolute atomic E-state index is 12.0. The molecule has 0 aromatic rings. The first-order valence-corrected chi connectivity index (χ1v) is 20.8. The normalized spacial score (nSPS) is 11.5. The number of carbonyl (C=O) groups is 2. The maximum atomic E-state index is 12.0. The van der Waals surface area contributed by atoms with Crippen LogP contribution in [0.5, 0.6) is 0 Å². The molecule has 0 aliphatic heterocycles. The third kappa shape index (κ3) is 39.2. The minimum atomic E-state index is -0.322. The van der Waals surface area contributed by atoms with E-state index in [0.717, 1.165) is 31.6 Å². The van der Waals surface area contributed by atoms with Gasteiger partial charge >= 0.3 is 11.9 Å². The van der Waals surface area contributed by atoms with Gasteiger partial charge in [-0.15, -0.1) is 0 Å². The average molecular weight is 635 g/mol. The first-order chi connectivity index (χ1) is 22.1. The summed E-state index contributed by atoms with van der Waals surface area (Å²) in [6.07, 6.45) is 46.0. The van der Waals surface area contributed by atoms with Crippen molar-refractivity contribution in [2.24, 2.45) is 5.92 Å². The molecule has 0 amide bonds. The van der Waals surface area contributed by atoms with Crippen LogP contribution < -0.4 is 0 Å². The minimum Gasteiger partial charge on any atom is -0.393 e. The lowest BCUT2D eigenvalue weighted by atomic mass is 10.0. The molecular formula is C42H82O3. The molecule has 0 unspecified atom stereocenters. The van der Waals surface area contributed by atoms with Crippen LogP contribution in [0.15, 0.2) is 0 Å². The van der Waals surface area contributed by atoms with Gasteiger partial charge < -0.3 is 4.74 Å². The average Bonchev–Trinajstić information content (AvgIpc) is 3.01. The Labute approximate surface area is 283 Å². The monoisotopic (exact) mass is 635 g/mol. The molecule has 0 N–H and O–H groups in total. The topological polar surface area (TPSA) is 43.4 Å². The maximum Gasteiger partial charge on any atom is 0.313 e. The van der Waals surface area contributed by atoms with Crippen molar-refractivity contribution < 1.29 is 14.3 Å². The van der Waals surface area contributed by atoms with Crippen molar-refractivity contribution in [3.63, 3.8) is 0 Å². The van der Waals surface area contributed by atoms with Gasteiger partial charge in [-0.25, -0.2) is 0 Å². The van der Waals surface area contributed by atoms with Crippen LogP contribution in [0.25, 0.3) is 0 Å². The summed E-state index contributed by atoms with van der Waals surface area (Å²) in [5.41, 5.74) is 0. The summed E-state index contributed by atoms with van der Waals surface area (Å²) in [7, 11) is 0. The van der Waals surface area contributed by atoms with E-state index in [1.807, 2.05) is 0 Å². The lowest BCUT2D eigenvalue weighted by molar-refractivity contribution is -0.159. The molecule has 0 aliphatic rings. The molecule has 0 bridgehead atoms. The lowest BCUT2D eigenvalue weighted by Gasteiger charge is -2.05. The van der Waals surface area contributed by atoms with Gasteiger partial charge in [0.15, 0.2) is 0 Å². The zero-order valence-corrected chi connectivity index (χ0v) is 31.3. The number of carbonyl (C=O) groups excluding carboxylic acids is 2. The third-order valence-electron chi connectivity index (χ3n) is 9.62. The molecule has 0 fully saturated rings. The summed E-state index contributed by atoms with van der Waals surface area (Å²) in [4.78, 5) is 23.9. The van der Waals surface area contributed by atoms with Gasteiger partial charge in [-0.2, -0.15) is 0 Å². The fraction of sp³-hybridized carbons (Fsp3) is 0.952. The molecular weight excluding hydrogens is 552 g/mol. The molecule has 0 radical (unpaired) electrons. The molecule has 0 saturated heterocycles. The number of esters is 2. The van der Waals surface area contributed by atoms with E-state index in [0.29, 0.717) is 12.8 Å². The molecule has 0 aromatic heterocycles. The zero-order chi connectivity index (χ0) is 32.9. The van der Waals surface area contributed by atoms with E-state index in [2.05, 4.69) is 20.8 Å². The molecule has 45 heavy (non-hydrogen) atoms. The Bertz CT molecular complexity index is 599. The molecule has 3 nitrogen and oxygen atoms in total. The van der Waals surface area contributed by atoms with Gasteiger partial charge in [0.25, 0.3) is 0 Å². The first-order valence-electron chi connectivity index (χ1n) is 20.8. The summed E-state index contributed by atoms with van der Waals surface area (Å²) < 4.78 is 5.04. The second-order valence-electron chi connectivity index (χ2n) is 14.8. The molecule has 0 aliphatic carbocycles. The largest absolute Gasteiger partial charge is 0.393 e. The van der Waals surface area contributed by atoms with Gasteiger partial charge in [-0.1, -0.05) is 226 Å². The third-order valence-corrected chi connectivity index (χ3v) is 9.62. The van der Waals surface area contributed by atoms with Crippen LogP contribution in [0, 0.1) is 5.92 Å². The fourth-order valence-corrected chi connectivity index (χ4v) is 6.52. The van der Waals surface area contributed by atoms with Crippen molar-refractivity contribution in [3.8, 4) is 0 Å². The molecule has 0 heterocycles. The lowest BCUT2D eigenvalue weighted by Crippen LogP contribution is -2.11. The van der Waals surface area contributed by atoms with Gasteiger partial charge in [0.05, 0.1) is 0 Å². The Morgan fingerprint density at radius 2 is 0.578 bits per heavy atom.